The summed E-state index contributed by atoms with van der Waals surface area (Å²) >= 11 is 0. The van der Waals surface area contributed by atoms with Crippen molar-refractivity contribution >= 4 is 17.7 Å². The van der Waals surface area contributed by atoms with Crippen LogP contribution < -0.4 is 10.1 Å². The number of aromatic nitrogens is 1. The van der Waals surface area contributed by atoms with Gasteiger partial charge >= 0.3 is 11.9 Å². The minimum absolute atomic E-state index is 0.143. The molecule has 0 unspecified atom stereocenters. The van der Waals surface area contributed by atoms with Crippen LogP contribution in [0.2, 0.25) is 0 Å². The zero-order valence-electron chi connectivity index (χ0n) is 20.9. The van der Waals surface area contributed by atoms with Gasteiger partial charge in [-0.25, -0.2) is 4.79 Å². The van der Waals surface area contributed by atoms with E-state index in [4.69, 9.17) is 14.2 Å². The molecule has 3 atom stereocenters. The Morgan fingerprint density at radius 3 is 2.50 bits per heavy atom. The fourth-order valence-corrected chi connectivity index (χ4v) is 5.16. The third-order valence-corrected chi connectivity index (χ3v) is 6.61. The summed E-state index contributed by atoms with van der Waals surface area (Å²) in [4.78, 5) is 44.8. The number of para-hydroxylation sites is 1. The third-order valence-electron chi connectivity index (χ3n) is 6.61. The molecule has 0 radical (unpaired) electrons. The molecule has 0 amide bonds. The number of pyridine rings is 1. The van der Waals surface area contributed by atoms with E-state index in [2.05, 4.69) is 10.3 Å². The van der Waals surface area contributed by atoms with E-state index in [0.29, 0.717) is 40.3 Å². The Bertz CT molecular complexity index is 1230. The van der Waals surface area contributed by atoms with Crippen LogP contribution in [-0.4, -0.2) is 43.0 Å². The van der Waals surface area contributed by atoms with Crippen LogP contribution in [0.3, 0.4) is 0 Å². The number of ketones is 1. The Labute approximate surface area is 210 Å². The molecule has 0 saturated carbocycles. The second-order valence-corrected chi connectivity index (χ2v) is 8.64. The van der Waals surface area contributed by atoms with E-state index in [-0.39, 0.29) is 19.0 Å². The average molecular weight is 491 g/mol. The Hall–Kier alpha value is -3.94. The summed E-state index contributed by atoms with van der Waals surface area (Å²) in [6.45, 7) is 5.56. The lowest BCUT2D eigenvalue weighted by Crippen LogP contribution is -2.43. The van der Waals surface area contributed by atoms with Gasteiger partial charge in [-0.1, -0.05) is 24.3 Å². The maximum absolute atomic E-state index is 14.2. The number of benzene rings is 1. The zero-order chi connectivity index (χ0) is 25.8. The second-order valence-electron chi connectivity index (χ2n) is 8.64. The summed E-state index contributed by atoms with van der Waals surface area (Å²) in [5.74, 6) is -3.24. The lowest BCUT2D eigenvalue weighted by atomic mass is 9.67. The van der Waals surface area contributed by atoms with Crippen LogP contribution in [0.4, 0.5) is 0 Å². The first-order chi connectivity index (χ1) is 17.4. The number of methoxy groups -OCH3 is 1. The van der Waals surface area contributed by atoms with Crippen molar-refractivity contribution in [3.8, 4) is 5.75 Å². The van der Waals surface area contributed by atoms with Crippen LogP contribution in [0.1, 0.15) is 50.2 Å². The molecule has 0 spiro atoms. The first-order valence-electron chi connectivity index (χ1n) is 12.0. The summed E-state index contributed by atoms with van der Waals surface area (Å²) in [7, 11) is 1.56. The SMILES string of the molecule is CCOC(=O)C1=C(C)NC2=C(C(=O)[C@H](C(=O)OCC)[C@H](c3ccccc3OC)C2)[C@@H]1c1cccnc1. The highest BCUT2D eigenvalue weighted by atomic mass is 16.5. The normalized spacial score (nSPS) is 21.4. The van der Waals surface area contributed by atoms with Crippen molar-refractivity contribution in [3.63, 3.8) is 0 Å². The van der Waals surface area contributed by atoms with Crippen molar-refractivity contribution in [2.75, 3.05) is 20.3 Å². The van der Waals surface area contributed by atoms with Crippen molar-refractivity contribution in [3.05, 3.63) is 82.5 Å². The molecule has 1 N–H and O–H groups in total. The maximum Gasteiger partial charge on any atom is 0.336 e. The molecule has 1 aliphatic heterocycles. The number of allylic oxidation sites excluding steroid dienone is 3. The molecule has 1 aromatic heterocycles. The zero-order valence-corrected chi connectivity index (χ0v) is 20.9. The number of rotatable bonds is 7. The lowest BCUT2D eigenvalue weighted by Gasteiger charge is -2.39. The minimum Gasteiger partial charge on any atom is -0.496 e. The van der Waals surface area contributed by atoms with Gasteiger partial charge in [0.2, 0.25) is 0 Å². The predicted octanol–water partition coefficient (Wildman–Crippen LogP) is 3.80. The molecule has 8 nitrogen and oxygen atoms in total. The number of hydrogen-bond acceptors (Lipinski definition) is 8. The number of ether oxygens (including phenoxy) is 3. The highest BCUT2D eigenvalue weighted by Crippen LogP contribution is 2.49. The number of carbonyl (C=O) groups is 3. The van der Waals surface area contributed by atoms with Crippen molar-refractivity contribution in [1.29, 1.82) is 0 Å². The van der Waals surface area contributed by atoms with Gasteiger partial charge in [-0.05, 0) is 50.5 Å². The summed E-state index contributed by atoms with van der Waals surface area (Å²) in [5, 5.41) is 3.29. The van der Waals surface area contributed by atoms with Gasteiger partial charge in [0.1, 0.15) is 11.7 Å². The number of carbonyl (C=O) groups excluding carboxylic acids is 3. The average Bonchev–Trinajstić information content (AvgIpc) is 2.88. The Morgan fingerprint density at radius 2 is 1.83 bits per heavy atom. The number of hydrogen-bond donors (Lipinski definition) is 1. The van der Waals surface area contributed by atoms with Crippen LogP contribution in [0.25, 0.3) is 0 Å². The molecule has 36 heavy (non-hydrogen) atoms. The van der Waals surface area contributed by atoms with E-state index in [9.17, 15) is 14.4 Å². The third kappa shape index (κ3) is 4.51. The molecule has 8 heteroatoms. The Balaban J connectivity index is 1.91. The monoisotopic (exact) mass is 490 g/mol. The van der Waals surface area contributed by atoms with Gasteiger partial charge < -0.3 is 19.5 Å². The van der Waals surface area contributed by atoms with Crippen LogP contribution in [0.5, 0.6) is 5.75 Å². The Morgan fingerprint density at radius 1 is 1.08 bits per heavy atom. The lowest BCUT2D eigenvalue weighted by molar-refractivity contribution is -0.152. The van der Waals surface area contributed by atoms with E-state index < -0.39 is 29.7 Å². The number of dihydropyridines is 1. The molecule has 2 aliphatic rings. The van der Waals surface area contributed by atoms with Gasteiger partial charge in [-0.3, -0.25) is 14.6 Å². The number of nitrogens with one attached hydrogen (secondary N) is 1. The van der Waals surface area contributed by atoms with Crippen LogP contribution >= 0.6 is 0 Å². The summed E-state index contributed by atoms with van der Waals surface area (Å²) in [5.41, 5.74) is 3.37. The largest absolute Gasteiger partial charge is 0.496 e. The summed E-state index contributed by atoms with van der Waals surface area (Å²) < 4.78 is 16.3. The molecule has 4 rings (SSSR count). The summed E-state index contributed by atoms with van der Waals surface area (Å²) in [6.07, 6.45) is 3.61. The van der Waals surface area contributed by atoms with Crippen molar-refractivity contribution in [1.82, 2.24) is 10.3 Å². The molecule has 0 saturated heterocycles. The first kappa shape index (κ1) is 25.2. The highest BCUT2D eigenvalue weighted by Gasteiger charge is 2.49. The van der Waals surface area contributed by atoms with Gasteiger partial charge in [0.25, 0.3) is 0 Å². The molecular weight excluding hydrogens is 460 g/mol. The molecule has 2 heterocycles. The maximum atomic E-state index is 14.2. The van der Waals surface area contributed by atoms with Crippen LogP contribution in [0, 0.1) is 5.92 Å². The standard InChI is InChI=1S/C28H30N2O6/c1-5-35-27(32)22-16(3)30-20-14-19(18-11-7-8-12-21(18)34-4)24(28(33)36-6-2)26(31)25(20)23(22)17-10-9-13-29-15-17/h7-13,15,19,23-24,30H,5-6,14H2,1-4H3/t19-,23+,24+/m0/s1. The van der Waals surface area contributed by atoms with E-state index in [1.165, 1.54) is 0 Å². The quantitative estimate of drug-likeness (QED) is 0.462. The van der Waals surface area contributed by atoms with E-state index in [0.717, 1.165) is 5.56 Å². The van der Waals surface area contributed by atoms with Crippen molar-refractivity contribution in [2.45, 2.75) is 39.0 Å². The molecule has 188 valence electrons. The molecule has 1 aromatic carbocycles. The number of esters is 2. The number of nitrogens with zero attached hydrogens (tertiary/aromatic N) is 1. The predicted molar refractivity (Wildman–Crippen MR) is 132 cm³/mol. The van der Waals surface area contributed by atoms with Gasteiger partial charge in [0, 0.05) is 41.2 Å². The van der Waals surface area contributed by atoms with Gasteiger partial charge in [0.05, 0.1) is 25.9 Å². The molecule has 2 aromatic rings. The van der Waals surface area contributed by atoms with Gasteiger partial charge in [0.15, 0.2) is 5.78 Å². The molecule has 0 fully saturated rings. The van der Waals surface area contributed by atoms with E-state index in [1.54, 1.807) is 46.3 Å². The molecule has 1 aliphatic carbocycles. The topological polar surface area (TPSA) is 104 Å². The van der Waals surface area contributed by atoms with E-state index in [1.807, 2.05) is 30.3 Å². The Kier molecular flexibility index (Phi) is 7.52. The second kappa shape index (κ2) is 10.8. The van der Waals surface area contributed by atoms with Gasteiger partial charge in [-0.2, -0.15) is 0 Å². The first-order valence-corrected chi connectivity index (χ1v) is 12.0. The van der Waals surface area contributed by atoms with Crippen LogP contribution in [0.15, 0.2) is 71.3 Å². The van der Waals surface area contributed by atoms with Crippen molar-refractivity contribution in [2.24, 2.45) is 5.92 Å². The molecule has 0 bridgehead atoms. The van der Waals surface area contributed by atoms with Crippen LogP contribution in [-0.2, 0) is 23.9 Å². The van der Waals surface area contributed by atoms with E-state index >= 15 is 0 Å². The van der Waals surface area contributed by atoms with Crippen molar-refractivity contribution < 1.29 is 28.6 Å². The van der Waals surface area contributed by atoms with Gasteiger partial charge in [-0.15, -0.1) is 0 Å². The fourth-order valence-electron chi connectivity index (χ4n) is 5.16. The number of Topliss-reactive ketones (excluding diaryl/α,β-unsaturated/α-hetero) is 1. The fraction of sp³-hybridized carbons (Fsp3) is 0.357. The smallest absolute Gasteiger partial charge is 0.336 e. The molecular formula is C28H30N2O6. The minimum atomic E-state index is -1.09. The highest BCUT2D eigenvalue weighted by molar-refractivity contribution is 6.13. The summed E-state index contributed by atoms with van der Waals surface area (Å²) in [6, 6.07) is 10.9.